The number of likely N-dealkylation sites (tertiary alicyclic amines) is 1. The molecule has 1 N–H and O–H groups in total. The second-order valence-corrected chi connectivity index (χ2v) is 7.85. The van der Waals surface area contributed by atoms with Crippen molar-refractivity contribution in [1.82, 2.24) is 9.80 Å². The van der Waals surface area contributed by atoms with Gasteiger partial charge in [0.1, 0.15) is 12.1 Å². The molecule has 0 bridgehead atoms. The predicted octanol–water partition coefficient (Wildman–Crippen LogP) is 2.28. The highest BCUT2D eigenvalue weighted by molar-refractivity contribution is 5.88. The third-order valence-electron chi connectivity index (χ3n) is 6.21. The molecule has 1 saturated carbocycles. The molecule has 154 valence electrons. The van der Waals surface area contributed by atoms with Gasteiger partial charge < -0.3 is 14.7 Å². The second-order valence-electron chi connectivity index (χ2n) is 7.85. The van der Waals surface area contributed by atoms with E-state index in [2.05, 4.69) is 0 Å². The number of likely N-dealkylation sites (N-methyl/N-ethyl adjacent to an activating group) is 1. The van der Waals surface area contributed by atoms with Crippen LogP contribution in [0.3, 0.4) is 0 Å². The molecule has 27 heavy (non-hydrogen) atoms. The van der Waals surface area contributed by atoms with Crippen molar-refractivity contribution in [3.05, 3.63) is 0 Å². The lowest BCUT2D eigenvalue weighted by Crippen LogP contribution is -2.56. The molecule has 1 saturated heterocycles. The van der Waals surface area contributed by atoms with E-state index in [1.807, 2.05) is 6.92 Å². The molecule has 2 rings (SSSR count). The minimum atomic E-state index is -0.928. The first kappa shape index (κ1) is 21.7. The average Bonchev–Trinajstić information content (AvgIpc) is 3.04. The first-order valence-electron chi connectivity index (χ1n) is 10.3. The summed E-state index contributed by atoms with van der Waals surface area (Å²) in [7, 11) is 1.75. The van der Waals surface area contributed by atoms with Crippen LogP contribution < -0.4 is 0 Å². The molecule has 0 aromatic carbocycles. The SMILES string of the molecule is CCC[C@@H](C(=O)OCC)N(C)[C@@H](C)C(=O)N1[C@H](C(=O)O)C[C@@H]2CCCC[C@@H]21. The van der Waals surface area contributed by atoms with Crippen LogP contribution in [0.1, 0.15) is 65.7 Å². The number of esters is 1. The number of amides is 1. The van der Waals surface area contributed by atoms with E-state index in [1.54, 1.807) is 30.7 Å². The number of carbonyl (C=O) groups is 3. The zero-order chi connectivity index (χ0) is 20.1. The number of carboxylic acid groups (broad SMARTS) is 1. The number of fused-ring (bicyclic) bond motifs is 1. The topological polar surface area (TPSA) is 87.2 Å². The average molecular weight is 383 g/mol. The van der Waals surface area contributed by atoms with Gasteiger partial charge in [-0.15, -0.1) is 0 Å². The zero-order valence-corrected chi connectivity index (χ0v) is 17.0. The molecule has 1 heterocycles. The van der Waals surface area contributed by atoms with Crippen LogP contribution in [0.2, 0.25) is 0 Å². The Kier molecular flexibility index (Phi) is 7.65. The standard InChI is InChI=1S/C20H34N2O5/c1-5-9-16(20(26)27-6-2)21(4)13(3)18(23)22-15-11-8-7-10-14(15)12-17(22)19(24)25/h13-17H,5-12H2,1-4H3,(H,24,25)/t13-,14-,15-,16-,17-/m0/s1. The Labute approximate surface area is 162 Å². The van der Waals surface area contributed by atoms with E-state index in [1.165, 1.54) is 0 Å². The van der Waals surface area contributed by atoms with E-state index in [-0.39, 0.29) is 23.8 Å². The maximum absolute atomic E-state index is 13.3. The highest BCUT2D eigenvalue weighted by Gasteiger charge is 2.49. The summed E-state index contributed by atoms with van der Waals surface area (Å²) in [4.78, 5) is 40.8. The molecule has 0 unspecified atom stereocenters. The number of hydrogen-bond acceptors (Lipinski definition) is 5. The van der Waals surface area contributed by atoms with Gasteiger partial charge in [0.25, 0.3) is 0 Å². The normalized spacial score (nSPS) is 27.1. The van der Waals surface area contributed by atoms with Crippen LogP contribution in [0.4, 0.5) is 0 Å². The first-order valence-corrected chi connectivity index (χ1v) is 10.3. The van der Waals surface area contributed by atoms with Gasteiger partial charge in [-0.3, -0.25) is 14.5 Å². The van der Waals surface area contributed by atoms with E-state index >= 15 is 0 Å². The Bertz CT molecular complexity index is 552. The number of carboxylic acids is 1. The molecule has 0 spiro atoms. The van der Waals surface area contributed by atoms with Gasteiger partial charge in [-0.2, -0.15) is 0 Å². The van der Waals surface area contributed by atoms with Crippen molar-refractivity contribution in [2.24, 2.45) is 5.92 Å². The molecule has 0 aromatic rings. The number of ether oxygens (including phenoxy) is 1. The Morgan fingerprint density at radius 2 is 1.89 bits per heavy atom. The van der Waals surface area contributed by atoms with Gasteiger partial charge in [0.2, 0.25) is 5.91 Å². The molecule has 7 nitrogen and oxygen atoms in total. The van der Waals surface area contributed by atoms with Gasteiger partial charge in [0.15, 0.2) is 0 Å². The predicted molar refractivity (Wildman–Crippen MR) is 101 cm³/mol. The van der Waals surface area contributed by atoms with Crippen molar-refractivity contribution in [2.75, 3.05) is 13.7 Å². The molecule has 7 heteroatoms. The van der Waals surface area contributed by atoms with Crippen molar-refractivity contribution in [1.29, 1.82) is 0 Å². The quantitative estimate of drug-likeness (QED) is 0.648. The van der Waals surface area contributed by atoms with Crippen molar-refractivity contribution in [3.63, 3.8) is 0 Å². The zero-order valence-electron chi connectivity index (χ0n) is 17.0. The van der Waals surface area contributed by atoms with Crippen molar-refractivity contribution in [3.8, 4) is 0 Å². The highest BCUT2D eigenvalue weighted by atomic mass is 16.5. The Balaban J connectivity index is 2.19. The van der Waals surface area contributed by atoms with Gasteiger partial charge in [-0.05, 0) is 52.5 Å². The third kappa shape index (κ3) is 4.62. The first-order chi connectivity index (χ1) is 12.8. The van der Waals surface area contributed by atoms with Gasteiger partial charge in [-0.1, -0.05) is 26.2 Å². The van der Waals surface area contributed by atoms with Gasteiger partial charge in [-0.25, -0.2) is 4.79 Å². The number of aliphatic carboxylic acids is 1. The summed E-state index contributed by atoms with van der Waals surface area (Å²) in [6.45, 7) is 5.81. The van der Waals surface area contributed by atoms with Crippen LogP contribution in [0.15, 0.2) is 0 Å². The molecule has 1 amide bonds. The summed E-state index contributed by atoms with van der Waals surface area (Å²) >= 11 is 0. The summed E-state index contributed by atoms with van der Waals surface area (Å²) in [6, 6.07) is -1.82. The van der Waals surface area contributed by atoms with Crippen molar-refractivity contribution < 1.29 is 24.2 Å². The summed E-state index contributed by atoms with van der Waals surface area (Å²) < 4.78 is 5.18. The lowest BCUT2D eigenvalue weighted by Gasteiger charge is -2.38. The number of rotatable bonds is 8. The minimum Gasteiger partial charge on any atom is -0.480 e. The van der Waals surface area contributed by atoms with Crippen LogP contribution >= 0.6 is 0 Å². The van der Waals surface area contributed by atoms with Crippen LogP contribution in [0.5, 0.6) is 0 Å². The molecular formula is C20H34N2O5. The van der Waals surface area contributed by atoms with Gasteiger partial charge in [0.05, 0.1) is 12.6 Å². The van der Waals surface area contributed by atoms with Crippen LogP contribution in [-0.2, 0) is 19.1 Å². The van der Waals surface area contributed by atoms with Gasteiger partial charge >= 0.3 is 11.9 Å². The number of carbonyl (C=O) groups excluding carboxylic acids is 2. The molecule has 2 fully saturated rings. The largest absolute Gasteiger partial charge is 0.480 e. The maximum Gasteiger partial charge on any atom is 0.326 e. The molecule has 1 aliphatic heterocycles. The fraction of sp³-hybridized carbons (Fsp3) is 0.850. The van der Waals surface area contributed by atoms with E-state index in [9.17, 15) is 19.5 Å². The Hall–Kier alpha value is -1.63. The number of hydrogen-bond donors (Lipinski definition) is 1. The number of nitrogens with zero attached hydrogens (tertiary/aromatic N) is 2. The lowest BCUT2D eigenvalue weighted by atomic mass is 9.84. The van der Waals surface area contributed by atoms with E-state index in [0.29, 0.717) is 19.4 Å². The molecule has 0 radical (unpaired) electrons. The van der Waals surface area contributed by atoms with Crippen LogP contribution in [-0.4, -0.2) is 70.6 Å². The molecule has 0 aromatic heterocycles. The summed E-state index contributed by atoms with van der Waals surface area (Å²) in [6.07, 6.45) is 5.92. The van der Waals surface area contributed by atoms with Crippen LogP contribution in [0, 0.1) is 5.92 Å². The summed E-state index contributed by atoms with van der Waals surface area (Å²) in [5.41, 5.74) is 0. The minimum absolute atomic E-state index is 0.00965. The fourth-order valence-electron chi connectivity index (χ4n) is 4.66. The monoisotopic (exact) mass is 382 g/mol. The second kappa shape index (κ2) is 9.53. The van der Waals surface area contributed by atoms with Crippen molar-refractivity contribution in [2.45, 2.75) is 89.9 Å². The highest BCUT2D eigenvalue weighted by Crippen LogP contribution is 2.40. The van der Waals surface area contributed by atoms with Gasteiger partial charge in [0, 0.05) is 6.04 Å². The molecule has 2 aliphatic rings. The molecule has 5 atom stereocenters. The van der Waals surface area contributed by atoms with Crippen LogP contribution in [0.25, 0.3) is 0 Å². The maximum atomic E-state index is 13.3. The Morgan fingerprint density at radius 3 is 2.48 bits per heavy atom. The summed E-state index contributed by atoms with van der Waals surface area (Å²) in [5.74, 6) is -1.17. The Morgan fingerprint density at radius 1 is 1.22 bits per heavy atom. The third-order valence-corrected chi connectivity index (χ3v) is 6.21. The molecular weight excluding hydrogens is 348 g/mol. The fourth-order valence-corrected chi connectivity index (χ4v) is 4.66. The van der Waals surface area contributed by atoms with E-state index in [4.69, 9.17) is 4.74 Å². The van der Waals surface area contributed by atoms with Crippen molar-refractivity contribution >= 4 is 17.8 Å². The molecule has 1 aliphatic carbocycles. The summed E-state index contributed by atoms with van der Waals surface area (Å²) in [5, 5.41) is 9.67. The lowest BCUT2D eigenvalue weighted by molar-refractivity contribution is -0.156. The smallest absolute Gasteiger partial charge is 0.326 e. The van der Waals surface area contributed by atoms with E-state index in [0.717, 1.165) is 32.1 Å². The van der Waals surface area contributed by atoms with E-state index < -0.39 is 24.1 Å².